The summed E-state index contributed by atoms with van der Waals surface area (Å²) in [6.07, 6.45) is 24.9. The molecule has 32 heavy (non-hydrogen) atoms. The normalized spacial score (nSPS) is 10.5. The second kappa shape index (κ2) is 24.6. The molecule has 0 aromatic carbocycles. The van der Waals surface area contributed by atoms with E-state index in [0.717, 1.165) is 38.5 Å². The van der Waals surface area contributed by atoms with Gasteiger partial charge in [0.25, 0.3) is 7.14 Å². The molecule has 0 rings (SSSR count). The highest BCUT2D eigenvalue weighted by molar-refractivity contribution is 7.78. The summed E-state index contributed by atoms with van der Waals surface area (Å²) in [7, 11) is -3.00. The zero-order valence-electron chi connectivity index (χ0n) is 21.7. The monoisotopic (exact) mass is 458 g/mol. The van der Waals surface area contributed by atoms with Crippen LogP contribution in [0.3, 0.4) is 0 Å². The predicted octanol–water partition coefficient (Wildman–Crippen LogP) is 10.5. The van der Waals surface area contributed by atoms with Crippen molar-refractivity contribution in [2.24, 2.45) is 0 Å². The van der Waals surface area contributed by atoms with Gasteiger partial charge in [0, 0.05) is 19.3 Å². The van der Waals surface area contributed by atoms with Crippen LogP contribution in [-0.4, -0.2) is 0 Å². The third kappa shape index (κ3) is 22.1. The maximum atomic E-state index is 13.2. The summed E-state index contributed by atoms with van der Waals surface area (Å²) in [6, 6.07) is 0. The Labute approximate surface area is 202 Å². The van der Waals surface area contributed by atoms with Crippen LogP contribution in [0.4, 0.5) is 0 Å². The quantitative estimate of drug-likeness (QED) is 0.113. The van der Waals surface area contributed by atoms with Crippen molar-refractivity contribution in [1.82, 2.24) is 0 Å². The van der Waals surface area contributed by atoms with Crippen molar-refractivity contribution in [2.75, 3.05) is 0 Å². The highest BCUT2D eigenvalue weighted by Gasteiger charge is 2.10. The van der Waals surface area contributed by atoms with E-state index in [0.29, 0.717) is 0 Å². The third-order valence-corrected chi connectivity index (χ3v) is 7.09. The Morgan fingerprint density at radius 2 is 0.656 bits per heavy atom. The summed E-state index contributed by atoms with van der Waals surface area (Å²) < 4.78 is 13.2. The Kier molecular flexibility index (Phi) is 23.7. The maximum Gasteiger partial charge on any atom is 0.291 e. The van der Waals surface area contributed by atoms with Gasteiger partial charge in [-0.05, 0) is 36.2 Å². The molecule has 0 unspecified atom stereocenters. The average molecular weight is 459 g/mol. The number of unbranched alkanes of at least 4 members (excludes halogenated alkanes) is 18. The van der Waals surface area contributed by atoms with E-state index in [1.807, 2.05) is 0 Å². The van der Waals surface area contributed by atoms with Crippen molar-refractivity contribution in [3.63, 3.8) is 0 Å². The van der Waals surface area contributed by atoms with Crippen molar-refractivity contribution in [1.29, 1.82) is 0 Å². The number of rotatable bonds is 18. The van der Waals surface area contributed by atoms with Crippen LogP contribution in [0.1, 0.15) is 156 Å². The second-order valence-electron chi connectivity index (χ2n) is 9.03. The van der Waals surface area contributed by atoms with E-state index in [9.17, 15) is 4.57 Å². The zero-order chi connectivity index (χ0) is 23.6. The summed E-state index contributed by atoms with van der Waals surface area (Å²) in [5.41, 5.74) is 8.98. The standard InChI is InChI=1S/C30H51OP/c1-4-7-10-13-16-19-22-25-28-32(31,29-26-23-20-17-14-11-8-5-2)30-27-24-21-18-15-12-9-6-3/h4-24H2,1-3H3. The molecule has 0 bridgehead atoms. The molecule has 0 aliphatic carbocycles. The second-order valence-corrected chi connectivity index (χ2v) is 10.9. The largest absolute Gasteiger partial charge is 0.291 e. The number of hydrogen-bond donors (Lipinski definition) is 0. The molecule has 0 aliphatic heterocycles. The molecule has 0 fully saturated rings. The van der Waals surface area contributed by atoms with Gasteiger partial charge in [-0.25, -0.2) is 0 Å². The molecule has 0 heterocycles. The molecule has 0 atom stereocenters. The lowest BCUT2D eigenvalue weighted by Crippen LogP contribution is -1.79. The third-order valence-electron chi connectivity index (χ3n) is 5.68. The molecule has 0 aromatic heterocycles. The van der Waals surface area contributed by atoms with Gasteiger partial charge in [-0.2, -0.15) is 0 Å². The Hall–Kier alpha value is -1.09. The summed E-state index contributed by atoms with van der Waals surface area (Å²) >= 11 is 0. The lowest BCUT2D eigenvalue weighted by atomic mass is 10.1. The lowest BCUT2D eigenvalue weighted by Gasteiger charge is -1.98. The summed E-state index contributed by atoms with van der Waals surface area (Å²) in [5, 5.41) is 0. The van der Waals surface area contributed by atoms with E-state index in [-0.39, 0.29) is 0 Å². The van der Waals surface area contributed by atoms with E-state index < -0.39 is 7.14 Å². The van der Waals surface area contributed by atoms with E-state index in [4.69, 9.17) is 0 Å². The van der Waals surface area contributed by atoms with Crippen molar-refractivity contribution < 1.29 is 4.57 Å². The SMILES string of the molecule is CCCCCCCCC#CP(=O)(C#CCCCCCCCC)C#CCCCCCCCC. The maximum absolute atomic E-state index is 13.2. The van der Waals surface area contributed by atoms with Gasteiger partial charge in [0.15, 0.2) is 0 Å². The molecule has 2 heteroatoms. The van der Waals surface area contributed by atoms with Crippen LogP contribution in [-0.2, 0) is 4.57 Å². The van der Waals surface area contributed by atoms with Gasteiger partial charge < -0.3 is 0 Å². The highest BCUT2D eigenvalue weighted by Crippen LogP contribution is 2.41. The van der Waals surface area contributed by atoms with Gasteiger partial charge in [-0.3, -0.25) is 4.57 Å². The first kappa shape index (κ1) is 30.9. The molecule has 0 saturated carbocycles. The topological polar surface area (TPSA) is 17.1 Å². The molecule has 0 aromatic rings. The molecule has 0 saturated heterocycles. The van der Waals surface area contributed by atoms with E-state index in [2.05, 4.69) is 55.5 Å². The van der Waals surface area contributed by atoms with E-state index in [1.54, 1.807) is 0 Å². The average Bonchev–Trinajstić information content (AvgIpc) is 2.79. The Balaban J connectivity index is 4.56. The first-order valence-corrected chi connectivity index (χ1v) is 15.5. The first-order chi connectivity index (χ1) is 15.7. The minimum atomic E-state index is -3.00. The molecule has 1 nitrogen and oxygen atoms in total. The summed E-state index contributed by atoms with van der Waals surface area (Å²) in [4.78, 5) is 0. The van der Waals surface area contributed by atoms with E-state index in [1.165, 1.54) is 96.3 Å². The van der Waals surface area contributed by atoms with Gasteiger partial charge in [0.05, 0.1) is 0 Å². The minimum absolute atomic E-state index is 0.814. The Morgan fingerprint density at radius 1 is 0.406 bits per heavy atom. The Bertz CT molecular complexity index is 553. The molecule has 182 valence electrons. The van der Waals surface area contributed by atoms with Crippen LogP contribution in [0.15, 0.2) is 0 Å². The molecular weight excluding hydrogens is 407 g/mol. The molecule has 0 amide bonds. The number of hydrogen-bond acceptors (Lipinski definition) is 1. The minimum Gasteiger partial charge on any atom is -0.282 e. The van der Waals surface area contributed by atoms with Gasteiger partial charge >= 0.3 is 0 Å². The fourth-order valence-electron chi connectivity index (χ4n) is 3.57. The zero-order valence-corrected chi connectivity index (χ0v) is 22.6. The van der Waals surface area contributed by atoms with Gasteiger partial charge in [-0.1, -0.05) is 135 Å². The first-order valence-electron chi connectivity index (χ1n) is 13.8. The highest BCUT2D eigenvalue weighted by atomic mass is 31.2. The fraction of sp³-hybridized carbons (Fsp3) is 0.800. The smallest absolute Gasteiger partial charge is 0.282 e. The molecule has 0 aliphatic rings. The molecule has 0 radical (unpaired) electrons. The molecular formula is C30H51OP. The summed E-state index contributed by atoms with van der Waals surface area (Å²) in [6.45, 7) is 6.72. The fourth-order valence-corrected chi connectivity index (χ4v) is 4.74. The van der Waals surface area contributed by atoms with Crippen molar-refractivity contribution in [2.45, 2.75) is 156 Å². The van der Waals surface area contributed by atoms with Crippen molar-refractivity contribution >= 4 is 7.14 Å². The van der Waals surface area contributed by atoms with Crippen LogP contribution < -0.4 is 0 Å². The van der Waals surface area contributed by atoms with Crippen molar-refractivity contribution in [3.05, 3.63) is 0 Å². The summed E-state index contributed by atoms with van der Waals surface area (Å²) in [5.74, 6) is 9.45. The van der Waals surface area contributed by atoms with Crippen molar-refractivity contribution in [3.8, 4) is 34.7 Å². The van der Waals surface area contributed by atoms with Gasteiger partial charge in [0.2, 0.25) is 0 Å². The van der Waals surface area contributed by atoms with Gasteiger partial charge in [-0.15, -0.1) is 0 Å². The van der Waals surface area contributed by atoms with Crippen LogP contribution in [0.2, 0.25) is 0 Å². The molecule has 0 spiro atoms. The lowest BCUT2D eigenvalue weighted by molar-refractivity contribution is 0.593. The predicted molar refractivity (Wildman–Crippen MR) is 145 cm³/mol. The van der Waals surface area contributed by atoms with E-state index >= 15 is 0 Å². The van der Waals surface area contributed by atoms with Crippen LogP contribution >= 0.6 is 7.14 Å². The van der Waals surface area contributed by atoms with Crippen LogP contribution in [0.25, 0.3) is 0 Å². The Morgan fingerprint density at radius 3 is 0.938 bits per heavy atom. The van der Waals surface area contributed by atoms with Gasteiger partial charge in [0.1, 0.15) is 0 Å². The van der Waals surface area contributed by atoms with Crippen LogP contribution in [0.5, 0.6) is 0 Å². The molecule has 0 N–H and O–H groups in total. The van der Waals surface area contributed by atoms with Crippen LogP contribution in [0, 0.1) is 34.7 Å².